The van der Waals surface area contributed by atoms with Crippen LogP contribution in [0.25, 0.3) is 0 Å². The van der Waals surface area contributed by atoms with E-state index in [4.69, 9.17) is 4.74 Å². The number of hydrogen-bond acceptors (Lipinski definition) is 4. The van der Waals surface area contributed by atoms with E-state index < -0.39 is 29.3 Å². The minimum Gasteiger partial charge on any atom is -0.353 e. The summed E-state index contributed by atoms with van der Waals surface area (Å²) in [5.74, 6) is -1.81. The Hall–Kier alpha value is -2.06. The molecule has 1 aromatic rings. The van der Waals surface area contributed by atoms with Crippen molar-refractivity contribution in [1.29, 1.82) is 0 Å². The zero-order chi connectivity index (χ0) is 21.5. The quantitative estimate of drug-likeness (QED) is 0.736. The highest BCUT2D eigenvalue weighted by molar-refractivity contribution is 5.98. The Labute approximate surface area is 175 Å². The Kier molecular flexibility index (Phi) is 5.81. The highest BCUT2D eigenvalue weighted by Gasteiger charge is 2.54. The molecule has 0 bridgehead atoms. The summed E-state index contributed by atoms with van der Waals surface area (Å²) >= 11 is 0. The topological polar surface area (TPSA) is 53.1 Å². The summed E-state index contributed by atoms with van der Waals surface area (Å²) < 4.78 is 33.8. The maximum atomic E-state index is 13.8. The first kappa shape index (κ1) is 21.2. The van der Waals surface area contributed by atoms with E-state index >= 15 is 0 Å². The van der Waals surface area contributed by atoms with Crippen LogP contribution in [0.1, 0.15) is 43.0 Å². The molecule has 0 N–H and O–H groups in total. The third-order valence-corrected chi connectivity index (χ3v) is 6.74. The first-order valence-corrected chi connectivity index (χ1v) is 10.7. The van der Waals surface area contributed by atoms with Gasteiger partial charge in [-0.1, -0.05) is 6.92 Å². The van der Waals surface area contributed by atoms with Crippen molar-refractivity contribution in [2.24, 2.45) is 5.92 Å². The fourth-order valence-corrected chi connectivity index (χ4v) is 4.82. The second-order valence-electron chi connectivity index (χ2n) is 8.92. The van der Waals surface area contributed by atoms with Crippen LogP contribution in [0.2, 0.25) is 0 Å². The number of nitrogens with zero attached hydrogens (tertiary/aromatic N) is 3. The summed E-state index contributed by atoms with van der Waals surface area (Å²) in [5.41, 5.74) is -0.980. The molecule has 0 unspecified atom stereocenters. The Morgan fingerprint density at radius 2 is 1.63 bits per heavy atom. The molecule has 2 heterocycles. The molecule has 2 aliphatic heterocycles. The third kappa shape index (κ3) is 3.95. The molecule has 6 nitrogen and oxygen atoms in total. The highest BCUT2D eigenvalue weighted by atomic mass is 19.1. The second-order valence-corrected chi connectivity index (χ2v) is 8.92. The summed E-state index contributed by atoms with van der Waals surface area (Å²) in [6.07, 6.45) is 2.97. The van der Waals surface area contributed by atoms with E-state index in [-0.39, 0.29) is 18.1 Å². The van der Waals surface area contributed by atoms with Gasteiger partial charge >= 0.3 is 0 Å². The standard InChI is InChI=1S/C22H29F2N3O3/c1-15-3-5-22(6-4-15)27(20(28)16-11-17(23)13-18(24)12-16)19(14-30-22)21(29)26-9-7-25(2)8-10-26/h11-13,15,19H,3-10,14H2,1-2H3/t15?,19-,22?/m0/s1. The van der Waals surface area contributed by atoms with Gasteiger partial charge in [0.15, 0.2) is 0 Å². The largest absolute Gasteiger partial charge is 0.353 e. The summed E-state index contributed by atoms with van der Waals surface area (Å²) in [6, 6.07) is 2.02. The lowest BCUT2D eigenvalue weighted by atomic mass is 9.83. The number of carbonyl (C=O) groups excluding carboxylic acids is 2. The lowest BCUT2D eigenvalue weighted by Gasteiger charge is -2.44. The van der Waals surface area contributed by atoms with E-state index in [1.54, 1.807) is 4.90 Å². The van der Waals surface area contributed by atoms with Crippen LogP contribution in [-0.2, 0) is 9.53 Å². The number of piperazine rings is 1. The molecular formula is C22H29F2N3O3. The average Bonchev–Trinajstić information content (AvgIpc) is 3.08. The highest BCUT2D eigenvalue weighted by Crippen LogP contribution is 2.43. The van der Waals surface area contributed by atoms with Gasteiger partial charge in [0.1, 0.15) is 23.4 Å². The Bertz CT molecular complexity index is 798. The maximum Gasteiger partial charge on any atom is 0.257 e. The predicted octanol–water partition coefficient (Wildman–Crippen LogP) is 2.49. The first-order valence-electron chi connectivity index (χ1n) is 10.7. The Balaban J connectivity index is 1.65. The van der Waals surface area contributed by atoms with Crippen LogP contribution in [0.4, 0.5) is 8.78 Å². The molecule has 1 aromatic carbocycles. The van der Waals surface area contributed by atoms with Gasteiger partial charge in [-0.2, -0.15) is 0 Å². The lowest BCUT2D eigenvalue weighted by molar-refractivity contribution is -0.139. The molecule has 1 saturated carbocycles. The monoisotopic (exact) mass is 421 g/mol. The van der Waals surface area contributed by atoms with Crippen molar-refractivity contribution in [2.45, 2.75) is 44.4 Å². The summed E-state index contributed by atoms with van der Waals surface area (Å²) in [7, 11) is 2.01. The van der Waals surface area contributed by atoms with Crippen LogP contribution < -0.4 is 0 Å². The van der Waals surface area contributed by atoms with Crippen molar-refractivity contribution < 1.29 is 23.1 Å². The molecule has 3 aliphatic rings. The van der Waals surface area contributed by atoms with E-state index in [0.717, 1.165) is 44.1 Å². The molecule has 3 fully saturated rings. The van der Waals surface area contributed by atoms with E-state index in [9.17, 15) is 18.4 Å². The van der Waals surface area contributed by atoms with Crippen molar-refractivity contribution in [1.82, 2.24) is 14.7 Å². The van der Waals surface area contributed by atoms with Crippen molar-refractivity contribution in [3.05, 3.63) is 35.4 Å². The Morgan fingerprint density at radius 1 is 1.03 bits per heavy atom. The fraction of sp³-hybridized carbons (Fsp3) is 0.636. The van der Waals surface area contributed by atoms with Crippen molar-refractivity contribution in [3.8, 4) is 0 Å². The number of carbonyl (C=O) groups is 2. The number of rotatable bonds is 2. The van der Waals surface area contributed by atoms with Crippen LogP contribution in [0.15, 0.2) is 18.2 Å². The maximum absolute atomic E-state index is 13.8. The molecule has 4 rings (SSSR count). The van der Waals surface area contributed by atoms with Crippen LogP contribution in [0.5, 0.6) is 0 Å². The number of hydrogen-bond donors (Lipinski definition) is 0. The smallest absolute Gasteiger partial charge is 0.257 e. The Morgan fingerprint density at radius 3 is 2.23 bits per heavy atom. The minimum atomic E-state index is -0.890. The molecule has 2 amide bonds. The van der Waals surface area contributed by atoms with Crippen molar-refractivity contribution in [3.63, 3.8) is 0 Å². The van der Waals surface area contributed by atoms with Gasteiger partial charge in [0.05, 0.1) is 6.61 Å². The van der Waals surface area contributed by atoms with Crippen LogP contribution in [0.3, 0.4) is 0 Å². The van der Waals surface area contributed by atoms with Gasteiger partial charge in [-0.05, 0) is 50.8 Å². The summed E-state index contributed by atoms with van der Waals surface area (Å²) in [6.45, 7) is 4.99. The SMILES string of the molecule is CC1CCC2(CC1)OC[C@@H](C(=O)N1CCN(C)CC1)N2C(=O)c1cc(F)cc(F)c1. The molecule has 8 heteroatoms. The van der Waals surface area contributed by atoms with Crippen LogP contribution in [-0.4, -0.2) is 78.1 Å². The van der Waals surface area contributed by atoms with Gasteiger partial charge in [-0.15, -0.1) is 0 Å². The predicted molar refractivity (Wildman–Crippen MR) is 107 cm³/mol. The van der Waals surface area contributed by atoms with Gasteiger partial charge in [0.25, 0.3) is 5.91 Å². The first-order chi connectivity index (χ1) is 14.3. The summed E-state index contributed by atoms with van der Waals surface area (Å²) in [4.78, 5) is 32.3. The molecule has 1 atom stereocenters. The van der Waals surface area contributed by atoms with E-state index in [1.807, 2.05) is 7.05 Å². The van der Waals surface area contributed by atoms with Gasteiger partial charge < -0.3 is 14.5 Å². The summed E-state index contributed by atoms with van der Waals surface area (Å²) in [5, 5.41) is 0. The molecular weight excluding hydrogens is 392 g/mol. The number of amides is 2. The average molecular weight is 421 g/mol. The normalized spacial score (nSPS) is 30.1. The molecule has 164 valence electrons. The molecule has 30 heavy (non-hydrogen) atoms. The van der Waals surface area contributed by atoms with Crippen molar-refractivity contribution in [2.75, 3.05) is 39.8 Å². The number of likely N-dealkylation sites (N-methyl/N-ethyl adjacent to an activating group) is 1. The number of halogens is 2. The minimum absolute atomic E-state index is 0.0906. The fourth-order valence-electron chi connectivity index (χ4n) is 4.82. The number of ether oxygens (including phenoxy) is 1. The van der Waals surface area contributed by atoms with E-state index in [1.165, 1.54) is 4.90 Å². The molecule has 1 aliphatic carbocycles. The van der Waals surface area contributed by atoms with E-state index in [0.29, 0.717) is 31.8 Å². The van der Waals surface area contributed by atoms with E-state index in [2.05, 4.69) is 11.8 Å². The van der Waals surface area contributed by atoms with Gasteiger partial charge in [-0.25, -0.2) is 8.78 Å². The number of benzene rings is 1. The molecule has 0 radical (unpaired) electrons. The van der Waals surface area contributed by atoms with Gasteiger partial charge in [0.2, 0.25) is 5.91 Å². The van der Waals surface area contributed by atoms with Gasteiger partial charge in [0, 0.05) is 37.8 Å². The molecule has 2 saturated heterocycles. The second kappa shape index (κ2) is 8.23. The van der Waals surface area contributed by atoms with Gasteiger partial charge in [-0.3, -0.25) is 14.5 Å². The third-order valence-electron chi connectivity index (χ3n) is 6.74. The molecule has 0 aromatic heterocycles. The van der Waals surface area contributed by atoms with Crippen LogP contribution in [0, 0.1) is 17.6 Å². The van der Waals surface area contributed by atoms with Crippen LogP contribution >= 0.6 is 0 Å². The zero-order valence-electron chi connectivity index (χ0n) is 17.6. The molecule has 1 spiro atoms. The zero-order valence-corrected chi connectivity index (χ0v) is 17.6. The van der Waals surface area contributed by atoms with Crippen molar-refractivity contribution >= 4 is 11.8 Å². The lowest BCUT2D eigenvalue weighted by Crippen LogP contribution is -2.59.